The van der Waals surface area contributed by atoms with E-state index in [-0.39, 0.29) is 39.5 Å². The van der Waals surface area contributed by atoms with E-state index >= 15 is 0 Å². The fourth-order valence-electron chi connectivity index (χ4n) is 5.61. The van der Waals surface area contributed by atoms with E-state index in [2.05, 4.69) is 0 Å². The van der Waals surface area contributed by atoms with E-state index in [0.717, 1.165) is 41.5 Å². The van der Waals surface area contributed by atoms with Gasteiger partial charge in [-0.05, 0) is 31.5 Å². The van der Waals surface area contributed by atoms with Crippen LogP contribution >= 0.6 is 0 Å². The number of aryl methyl sites for hydroxylation is 1. The predicted molar refractivity (Wildman–Crippen MR) is 159 cm³/mol. The van der Waals surface area contributed by atoms with E-state index in [1.165, 1.54) is 25.1 Å². The second-order valence-electron chi connectivity index (χ2n) is 11.2. The molecule has 0 radical (unpaired) electrons. The second kappa shape index (κ2) is 14.2. The third kappa shape index (κ3) is 7.79. The van der Waals surface area contributed by atoms with E-state index in [0.29, 0.717) is 5.56 Å². The van der Waals surface area contributed by atoms with Crippen molar-refractivity contribution in [2.45, 2.75) is 92.2 Å². The Morgan fingerprint density at radius 2 is 1.08 bits per heavy atom. The molecule has 0 amide bonds. The number of esters is 6. The summed E-state index contributed by atoms with van der Waals surface area (Å²) < 4.78 is 44.7. The van der Waals surface area contributed by atoms with Crippen molar-refractivity contribution in [2.24, 2.45) is 0 Å². The highest BCUT2D eigenvalue weighted by atomic mass is 16.7. The Kier molecular flexibility index (Phi) is 10.5. The quantitative estimate of drug-likeness (QED) is 0.226. The Balaban J connectivity index is 1.90. The van der Waals surface area contributed by atoms with Crippen molar-refractivity contribution in [2.75, 3.05) is 0 Å². The molecule has 0 bridgehead atoms. The van der Waals surface area contributed by atoms with Gasteiger partial charge in [-0.25, -0.2) is 0 Å². The Labute approximate surface area is 274 Å². The Hall–Kier alpha value is -5.31. The van der Waals surface area contributed by atoms with Crippen LogP contribution in [0.4, 0.5) is 0 Å². The van der Waals surface area contributed by atoms with Gasteiger partial charge in [0.2, 0.25) is 18.2 Å². The lowest BCUT2D eigenvalue weighted by Gasteiger charge is -2.43. The van der Waals surface area contributed by atoms with Gasteiger partial charge in [0.1, 0.15) is 17.2 Å². The van der Waals surface area contributed by atoms with Crippen LogP contribution in [-0.4, -0.2) is 72.3 Å². The first-order chi connectivity index (χ1) is 22.5. The molecule has 0 saturated carbocycles. The van der Waals surface area contributed by atoms with Gasteiger partial charge in [-0.1, -0.05) is 6.07 Å². The van der Waals surface area contributed by atoms with Crippen LogP contribution in [0.5, 0.6) is 17.2 Å². The maximum Gasteiger partial charge on any atom is 0.308 e. The molecule has 1 unspecified atom stereocenters. The number of benzene rings is 2. The van der Waals surface area contributed by atoms with Gasteiger partial charge in [-0.3, -0.25) is 33.6 Å². The lowest BCUT2D eigenvalue weighted by atomic mass is 9.81. The molecule has 2 aromatic carbocycles. The summed E-state index contributed by atoms with van der Waals surface area (Å²) in [6.07, 6.45) is -7.83. The van der Waals surface area contributed by atoms with Crippen molar-refractivity contribution in [3.63, 3.8) is 0 Å². The molecule has 1 fully saturated rings. The molecule has 256 valence electrons. The summed E-state index contributed by atoms with van der Waals surface area (Å²) in [5.41, 5.74) is 0.522. The number of carbonyl (C=O) groups excluding carboxylic acids is 7. The van der Waals surface area contributed by atoms with Crippen molar-refractivity contribution < 1.29 is 71.5 Å². The van der Waals surface area contributed by atoms with Crippen LogP contribution in [0, 0.1) is 6.92 Å². The summed E-state index contributed by atoms with van der Waals surface area (Å²) in [5.74, 6) is -5.79. The van der Waals surface area contributed by atoms with Crippen LogP contribution in [-0.2, 0) is 52.5 Å². The topological polar surface area (TPSA) is 193 Å². The summed E-state index contributed by atoms with van der Waals surface area (Å²) in [5, 5.41) is 0. The average Bonchev–Trinajstić information content (AvgIpc) is 2.93. The minimum absolute atomic E-state index is 0.0399. The summed E-state index contributed by atoms with van der Waals surface area (Å²) in [7, 11) is 0. The predicted octanol–water partition coefficient (Wildman–Crippen LogP) is 2.96. The highest BCUT2D eigenvalue weighted by molar-refractivity contribution is 6.16. The van der Waals surface area contributed by atoms with E-state index < -0.39 is 78.4 Å². The fourth-order valence-corrected chi connectivity index (χ4v) is 5.61. The molecule has 0 spiro atoms. The molecule has 6 atom stereocenters. The summed E-state index contributed by atoms with van der Waals surface area (Å²) >= 11 is 0. The van der Waals surface area contributed by atoms with Crippen molar-refractivity contribution >= 4 is 41.6 Å². The van der Waals surface area contributed by atoms with Crippen LogP contribution < -0.4 is 14.2 Å². The smallest absolute Gasteiger partial charge is 0.308 e. The molecule has 48 heavy (non-hydrogen) atoms. The number of hydrogen-bond acceptors (Lipinski definition) is 15. The molecule has 0 N–H and O–H groups in total. The molecule has 1 aliphatic carbocycles. The summed E-state index contributed by atoms with van der Waals surface area (Å²) in [4.78, 5) is 86.8. The van der Waals surface area contributed by atoms with Crippen molar-refractivity contribution in [1.82, 2.24) is 0 Å². The monoisotopic (exact) mass is 670 g/mol. The molecule has 2 aliphatic rings. The molecule has 15 nitrogen and oxygen atoms in total. The largest absolute Gasteiger partial charge is 0.461 e. The first kappa shape index (κ1) is 35.5. The zero-order valence-corrected chi connectivity index (χ0v) is 27.4. The van der Waals surface area contributed by atoms with Gasteiger partial charge < -0.3 is 37.9 Å². The van der Waals surface area contributed by atoms with E-state index in [4.69, 9.17) is 37.9 Å². The fraction of sp³-hybridized carbons (Fsp3) is 0.424. The lowest BCUT2D eigenvalue weighted by Crippen LogP contribution is -2.62. The highest BCUT2D eigenvalue weighted by Crippen LogP contribution is 2.47. The molecule has 0 aromatic heterocycles. The number of hydrogen-bond donors (Lipinski definition) is 0. The number of ketones is 1. The zero-order chi connectivity index (χ0) is 35.6. The van der Waals surface area contributed by atoms with Crippen molar-refractivity contribution in [3.8, 4) is 17.2 Å². The van der Waals surface area contributed by atoms with Gasteiger partial charge in [0.25, 0.3) is 0 Å². The Bertz CT molecular complexity index is 1690. The van der Waals surface area contributed by atoms with E-state index in [1.807, 2.05) is 0 Å². The molecule has 15 heteroatoms. The minimum Gasteiger partial charge on any atom is -0.461 e. The third-order valence-corrected chi connectivity index (χ3v) is 7.08. The molecule has 4 rings (SSSR count). The molecule has 2 aromatic rings. The lowest BCUT2D eigenvalue weighted by molar-refractivity contribution is -0.280. The molecular weight excluding hydrogens is 636 g/mol. The Morgan fingerprint density at radius 1 is 0.604 bits per heavy atom. The van der Waals surface area contributed by atoms with E-state index in [1.54, 1.807) is 13.0 Å². The normalized spacial score (nSPS) is 22.6. The van der Waals surface area contributed by atoms with E-state index in [9.17, 15) is 33.6 Å². The molecule has 1 aliphatic heterocycles. The van der Waals surface area contributed by atoms with Crippen LogP contribution in [0.25, 0.3) is 0 Å². The van der Waals surface area contributed by atoms with Crippen LogP contribution in [0.3, 0.4) is 0 Å². The standard InChI is InChI=1S/C33H34O15/c1-13-9-22-26(24(10-13)42-15(3)34)28(40)27-23(30(22)45-18(6)37)11-21(12-25(27)43-16(4)35)48-33-32(47-20(8)39)31(46-19(7)38)29(14(2)41-33)44-17(5)36/h9-12,14,29-33H,1-8H3/t14-,29-,30?,31+,32+,33-/m0/s1. The molecule has 1 heterocycles. The van der Waals surface area contributed by atoms with Gasteiger partial charge in [0, 0.05) is 58.7 Å². The van der Waals surface area contributed by atoms with Gasteiger partial charge in [-0.2, -0.15) is 0 Å². The van der Waals surface area contributed by atoms with Gasteiger partial charge in [0.05, 0.1) is 17.2 Å². The Morgan fingerprint density at radius 3 is 1.60 bits per heavy atom. The number of fused-ring (bicyclic) bond motifs is 2. The number of rotatable bonds is 8. The summed E-state index contributed by atoms with van der Waals surface area (Å²) in [6, 6.07) is 5.57. The number of ether oxygens (including phenoxy) is 8. The first-order valence-corrected chi connectivity index (χ1v) is 14.7. The maximum absolute atomic E-state index is 14.1. The van der Waals surface area contributed by atoms with Gasteiger partial charge in [0.15, 0.2) is 18.3 Å². The SMILES string of the molecule is CC(=O)Oc1cc(C)cc2c1C(=O)c1c(OC(C)=O)cc(O[C@@H]3O[C@@H](C)[C@H](OC(C)=O)[C@@H](OC(C)=O)[C@H]3OC(C)=O)cc1C2OC(C)=O. The zero-order valence-electron chi connectivity index (χ0n) is 27.4. The first-order valence-electron chi connectivity index (χ1n) is 14.7. The number of carbonyl (C=O) groups is 7. The van der Waals surface area contributed by atoms with Gasteiger partial charge in [-0.15, -0.1) is 0 Å². The maximum atomic E-state index is 14.1. The van der Waals surface area contributed by atoms with Crippen LogP contribution in [0.1, 0.15) is 87.2 Å². The molecular formula is C33H34O15. The average molecular weight is 671 g/mol. The highest BCUT2D eigenvalue weighted by Gasteiger charge is 2.52. The summed E-state index contributed by atoms with van der Waals surface area (Å²) in [6.45, 7) is 9.95. The third-order valence-electron chi connectivity index (χ3n) is 7.08. The second-order valence-corrected chi connectivity index (χ2v) is 11.2. The molecule has 1 saturated heterocycles. The van der Waals surface area contributed by atoms with Crippen molar-refractivity contribution in [1.29, 1.82) is 0 Å². The minimum atomic E-state index is -1.51. The van der Waals surface area contributed by atoms with Gasteiger partial charge >= 0.3 is 35.8 Å². The van der Waals surface area contributed by atoms with Crippen LogP contribution in [0.2, 0.25) is 0 Å². The van der Waals surface area contributed by atoms with Crippen LogP contribution in [0.15, 0.2) is 24.3 Å². The van der Waals surface area contributed by atoms with Crippen molar-refractivity contribution in [3.05, 3.63) is 52.1 Å².